The van der Waals surface area contributed by atoms with Crippen LogP contribution >= 0.6 is 0 Å². The number of carboxylic acids is 1. The summed E-state index contributed by atoms with van der Waals surface area (Å²) in [6, 6.07) is 4.93. The lowest BCUT2D eigenvalue weighted by molar-refractivity contribution is -0.141. The fourth-order valence-electron chi connectivity index (χ4n) is 1.87. The van der Waals surface area contributed by atoms with Crippen LogP contribution in [0.1, 0.15) is 26.7 Å². The summed E-state index contributed by atoms with van der Waals surface area (Å²) in [7, 11) is -3.74. The Morgan fingerprint density at radius 1 is 1.21 bits per heavy atom. The number of carboxylic acid groups (broad SMARTS) is 1. The van der Waals surface area contributed by atoms with Crippen LogP contribution < -0.4 is 14.8 Å². The minimum atomic E-state index is -3.74. The van der Waals surface area contributed by atoms with E-state index in [0.29, 0.717) is 12.4 Å². The maximum Gasteiger partial charge on any atom is 0.326 e. The van der Waals surface area contributed by atoms with Crippen molar-refractivity contribution in [1.29, 1.82) is 0 Å². The summed E-state index contributed by atoms with van der Waals surface area (Å²) in [5.41, 5.74) is 0. The first-order chi connectivity index (χ1) is 11.3. The summed E-state index contributed by atoms with van der Waals surface area (Å²) in [5.74, 6) is -1.09. The van der Waals surface area contributed by atoms with E-state index in [1.54, 1.807) is 19.1 Å². The normalized spacial score (nSPS) is 12.4. The molecule has 1 aromatic rings. The average Bonchev–Trinajstić information content (AvgIpc) is 2.53. The molecule has 1 unspecified atom stereocenters. The second kappa shape index (κ2) is 9.24. The largest absolute Gasteiger partial charge is 0.494 e. The molecule has 0 saturated heterocycles. The van der Waals surface area contributed by atoms with Crippen molar-refractivity contribution in [3.05, 3.63) is 24.3 Å². The maximum absolute atomic E-state index is 12.1. The summed E-state index contributed by atoms with van der Waals surface area (Å²) in [6.07, 6.45) is 0.0962. The first-order valence-corrected chi connectivity index (χ1v) is 9.03. The number of hydrogen-bond donors (Lipinski definition) is 3. The Balaban J connectivity index is 2.53. The SMILES string of the molecule is CCOc1ccc(S(=O)(=O)NCCC(=O)NC(CC)C(=O)O)cc1. The van der Waals surface area contributed by atoms with E-state index in [0.717, 1.165) is 0 Å². The third-order valence-electron chi connectivity index (χ3n) is 3.13. The second-order valence-electron chi connectivity index (χ2n) is 4.92. The number of sulfonamides is 1. The fraction of sp³-hybridized carbons (Fsp3) is 0.467. The van der Waals surface area contributed by atoms with Crippen molar-refractivity contribution >= 4 is 21.9 Å². The van der Waals surface area contributed by atoms with Crippen molar-refractivity contribution in [3.63, 3.8) is 0 Å². The molecule has 1 amide bonds. The Bertz CT molecular complexity index is 657. The molecule has 0 saturated carbocycles. The average molecular weight is 358 g/mol. The highest BCUT2D eigenvalue weighted by atomic mass is 32.2. The third kappa shape index (κ3) is 6.17. The Hall–Kier alpha value is -2.13. The molecule has 0 radical (unpaired) electrons. The van der Waals surface area contributed by atoms with Crippen molar-refractivity contribution < 1.29 is 27.9 Å². The topological polar surface area (TPSA) is 122 Å². The molecule has 3 N–H and O–H groups in total. The summed E-state index contributed by atoms with van der Waals surface area (Å²) in [4.78, 5) is 22.5. The van der Waals surface area contributed by atoms with Gasteiger partial charge in [0.1, 0.15) is 11.8 Å². The summed E-state index contributed by atoms with van der Waals surface area (Å²) >= 11 is 0. The van der Waals surface area contributed by atoms with Crippen LogP contribution in [0.5, 0.6) is 5.75 Å². The van der Waals surface area contributed by atoms with Gasteiger partial charge in [-0.25, -0.2) is 17.9 Å². The number of nitrogens with one attached hydrogen (secondary N) is 2. The molecule has 0 bridgehead atoms. The third-order valence-corrected chi connectivity index (χ3v) is 4.61. The molecular formula is C15H22N2O6S. The zero-order chi connectivity index (χ0) is 18.2. The molecule has 24 heavy (non-hydrogen) atoms. The molecular weight excluding hydrogens is 336 g/mol. The van der Waals surface area contributed by atoms with Crippen molar-refractivity contribution in [2.45, 2.75) is 37.6 Å². The van der Waals surface area contributed by atoms with Gasteiger partial charge in [-0.3, -0.25) is 4.79 Å². The van der Waals surface area contributed by atoms with Crippen molar-refractivity contribution in [2.24, 2.45) is 0 Å². The van der Waals surface area contributed by atoms with Crippen LogP contribution in [0.4, 0.5) is 0 Å². The van der Waals surface area contributed by atoms with Gasteiger partial charge in [-0.2, -0.15) is 0 Å². The molecule has 0 aliphatic rings. The second-order valence-corrected chi connectivity index (χ2v) is 6.69. The fourth-order valence-corrected chi connectivity index (χ4v) is 2.90. The summed E-state index contributed by atoms with van der Waals surface area (Å²) in [6.45, 7) is 3.81. The number of carbonyl (C=O) groups excluding carboxylic acids is 1. The van der Waals surface area contributed by atoms with Gasteiger partial charge in [0.15, 0.2) is 0 Å². The molecule has 0 fully saturated rings. The Morgan fingerprint density at radius 2 is 1.83 bits per heavy atom. The molecule has 1 rings (SSSR count). The van der Waals surface area contributed by atoms with Crippen LogP contribution in [-0.4, -0.2) is 44.6 Å². The van der Waals surface area contributed by atoms with E-state index in [4.69, 9.17) is 9.84 Å². The predicted octanol–water partition coefficient (Wildman–Crippen LogP) is 0.733. The van der Waals surface area contributed by atoms with Gasteiger partial charge in [0, 0.05) is 13.0 Å². The van der Waals surface area contributed by atoms with Crippen LogP contribution in [0.3, 0.4) is 0 Å². The van der Waals surface area contributed by atoms with Gasteiger partial charge < -0.3 is 15.2 Å². The van der Waals surface area contributed by atoms with Crippen LogP contribution in [0, 0.1) is 0 Å². The lowest BCUT2D eigenvalue weighted by Crippen LogP contribution is -2.41. The zero-order valence-corrected chi connectivity index (χ0v) is 14.4. The lowest BCUT2D eigenvalue weighted by atomic mass is 10.2. The van der Waals surface area contributed by atoms with Crippen LogP contribution in [-0.2, 0) is 19.6 Å². The highest BCUT2D eigenvalue weighted by Crippen LogP contribution is 2.15. The molecule has 0 heterocycles. The van der Waals surface area contributed by atoms with E-state index in [9.17, 15) is 18.0 Å². The van der Waals surface area contributed by atoms with Crippen molar-refractivity contribution in [1.82, 2.24) is 10.0 Å². The van der Waals surface area contributed by atoms with Gasteiger partial charge in [0.05, 0.1) is 11.5 Å². The number of benzene rings is 1. The van der Waals surface area contributed by atoms with Crippen molar-refractivity contribution in [3.8, 4) is 5.75 Å². The van der Waals surface area contributed by atoms with Gasteiger partial charge in [-0.05, 0) is 37.6 Å². The van der Waals surface area contributed by atoms with E-state index >= 15 is 0 Å². The Labute approximate surface area is 141 Å². The molecule has 1 atom stereocenters. The molecule has 9 heteroatoms. The van der Waals surface area contributed by atoms with E-state index < -0.39 is 27.9 Å². The van der Waals surface area contributed by atoms with Gasteiger partial charge in [-0.15, -0.1) is 0 Å². The molecule has 0 spiro atoms. The molecule has 0 aromatic heterocycles. The van der Waals surface area contributed by atoms with Crippen LogP contribution in [0.25, 0.3) is 0 Å². The molecule has 0 aliphatic heterocycles. The minimum Gasteiger partial charge on any atom is -0.494 e. The van der Waals surface area contributed by atoms with Gasteiger partial charge in [0.25, 0.3) is 0 Å². The number of hydrogen-bond acceptors (Lipinski definition) is 5. The smallest absolute Gasteiger partial charge is 0.326 e. The Morgan fingerprint density at radius 3 is 2.33 bits per heavy atom. The number of aliphatic carboxylic acids is 1. The number of carbonyl (C=O) groups is 2. The number of ether oxygens (including phenoxy) is 1. The van der Waals surface area contributed by atoms with E-state index in [-0.39, 0.29) is 24.3 Å². The lowest BCUT2D eigenvalue weighted by Gasteiger charge is -2.12. The Kier molecular flexibility index (Phi) is 7.66. The van der Waals surface area contributed by atoms with Gasteiger partial charge >= 0.3 is 5.97 Å². The summed E-state index contributed by atoms with van der Waals surface area (Å²) in [5, 5.41) is 11.2. The summed E-state index contributed by atoms with van der Waals surface area (Å²) < 4.78 is 31.7. The standard InChI is InChI=1S/C15H22N2O6S/c1-3-13(15(19)20)17-14(18)9-10-16-24(21,22)12-7-5-11(6-8-12)23-4-2/h5-8,13,16H,3-4,9-10H2,1-2H3,(H,17,18)(H,19,20). The van der Waals surface area contributed by atoms with E-state index in [2.05, 4.69) is 10.0 Å². The van der Waals surface area contributed by atoms with E-state index in [1.165, 1.54) is 12.1 Å². The maximum atomic E-state index is 12.1. The van der Waals surface area contributed by atoms with Gasteiger partial charge in [0.2, 0.25) is 15.9 Å². The molecule has 1 aromatic carbocycles. The van der Waals surface area contributed by atoms with Crippen LogP contribution in [0.2, 0.25) is 0 Å². The number of amides is 1. The molecule has 8 nitrogen and oxygen atoms in total. The first kappa shape index (κ1) is 19.9. The molecule has 0 aliphatic carbocycles. The predicted molar refractivity (Wildman–Crippen MR) is 87.3 cm³/mol. The highest BCUT2D eigenvalue weighted by molar-refractivity contribution is 7.89. The highest BCUT2D eigenvalue weighted by Gasteiger charge is 2.18. The van der Waals surface area contributed by atoms with Crippen LogP contribution in [0.15, 0.2) is 29.2 Å². The van der Waals surface area contributed by atoms with E-state index in [1.807, 2.05) is 6.92 Å². The first-order valence-electron chi connectivity index (χ1n) is 7.54. The number of rotatable bonds is 10. The van der Waals surface area contributed by atoms with Crippen molar-refractivity contribution in [2.75, 3.05) is 13.2 Å². The zero-order valence-electron chi connectivity index (χ0n) is 13.6. The minimum absolute atomic E-state index is 0.0586. The molecule has 134 valence electrons. The quantitative estimate of drug-likeness (QED) is 0.567. The van der Waals surface area contributed by atoms with Gasteiger partial charge in [-0.1, -0.05) is 6.92 Å². The monoisotopic (exact) mass is 358 g/mol.